The molecule has 0 atom stereocenters. The van der Waals surface area contributed by atoms with Gasteiger partial charge >= 0.3 is 0 Å². The van der Waals surface area contributed by atoms with E-state index in [0.717, 1.165) is 4.88 Å². The number of thiophene rings is 1. The molecule has 0 unspecified atom stereocenters. The zero-order valence-electron chi connectivity index (χ0n) is 5.07. The van der Waals surface area contributed by atoms with Gasteiger partial charge in [0.2, 0.25) is 0 Å². The highest BCUT2D eigenvalue weighted by molar-refractivity contribution is 7.11. The molecule has 0 fully saturated rings. The maximum Gasteiger partial charge on any atom is 0.106 e. The Bertz CT molecular complexity index is 181. The lowest BCUT2D eigenvalue weighted by atomic mass is 10.5. The topological polar surface area (TPSA) is 21.6 Å². The first kappa shape index (κ1) is 6.29. The highest BCUT2D eigenvalue weighted by atomic mass is 32.1. The van der Waals surface area contributed by atoms with Gasteiger partial charge in [0.05, 0.1) is 6.21 Å². The van der Waals surface area contributed by atoms with Crippen molar-refractivity contribution in [3.8, 4) is 0 Å². The molecule has 3 heteroatoms. The third-order valence-corrected chi connectivity index (χ3v) is 1.64. The van der Waals surface area contributed by atoms with Crippen molar-refractivity contribution in [3.05, 3.63) is 22.4 Å². The first-order chi connectivity index (χ1) is 4.43. The second-order valence-electron chi connectivity index (χ2n) is 1.43. The minimum atomic E-state index is 1.11. The summed E-state index contributed by atoms with van der Waals surface area (Å²) >= 11 is 1.63. The number of hydrogen-bond donors (Lipinski definition) is 0. The van der Waals surface area contributed by atoms with Gasteiger partial charge in [-0.05, 0) is 11.4 Å². The minimum absolute atomic E-state index is 1.11. The molecule has 0 radical (unpaired) electrons. The molecule has 0 saturated heterocycles. The van der Waals surface area contributed by atoms with Crippen LogP contribution in [0.3, 0.4) is 0 Å². The third kappa shape index (κ3) is 1.85. The summed E-state index contributed by atoms with van der Waals surface area (Å²) in [6, 6.07) is 3.95. The van der Waals surface area contributed by atoms with Gasteiger partial charge in [-0.1, -0.05) is 11.2 Å². The number of oxime groups is 1. The Labute approximate surface area is 57.8 Å². The quantitative estimate of drug-likeness (QED) is 0.454. The lowest BCUT2D eigenvalue weighted by Gasteiger charge is -1.81. The molecule has 9 heavy (non-hydrogen) atoms. The Balaban J connectivity index is 2.57. The zero-order chi connectivity index (χ0) is 6.53. The fraction of sp³-hybridized carbons (Fsp3) is 0.167. The molecule has 0 saturated carbocycles. The van der Waals surface area contributed by atoms with Crippen molar-refractivity contribution in [1.82, 2.24) is 0 Å². The highest BCUT2D eigenvalue weighted by Crippen LogP contribution is 2.04. The Hall–Kier alpha value is -0.830. The van der Waals surface area contributed by atoms with E-state index in [2.05, 4.69) is 9.99 Å². The second-order valence-corrected chi connectivity index (χ2v) is 2.41. The van der Waals surface area contributed by atoms with Crippen molar-refractivity contribution in [2.75, 3.05) is 7.11 Å². The lowest BCUT2D eigenvalue weighted by Crippen LogP contribution is -1.72. The maximum absolute atomic E-state index is 4.49. The Morgan fingerprint density at radius 3 is 3.22 bits per heavy atom. The van der Waals surface area contributed by atoms with Crippen LogP contribution in [-0.2, 0) is 4.84 Å². The summed E-state index contributed by atoms with van der Waals surface area (Å²) in [5, 5.41) is 5.60. The van der Waals surface area contributed by atoms with E-state index in [9.17, 15) is 0 Å². The van der Waals surface area contributed by atoms with Gasteiger partial charge in [-0.3, -0.25) is 0 Å². The number of nitrogens with zero attached hydrogens (tertiary/aromatic N) is 1. The molecular formula is C6H7NOS. The third-order valence-electron chi connectivity index (χ3n) is 0.829. The molecule has 1 heterocycles. The predicted molar refractivity (Wildman–Crippen MR) is 38.9 cm³/mol. The van der Waals surface area contributed by atoms with Gasteiger partial charge < -0.3 is 4.84 Å². The second kappa shape index (κ2) is 3.25. The van der Waals surface area contributed by atoms with Crippen molar-refractivity contribution < 1.29 is 4.84 Å². The summed E-state index contributed by atoms with van der Waals surface area (Å²) in [4.78, 5) is 5.60. The van der Waals surface area contributed by atoms with Gasteiger partial charge in [-0.15, -0.1) is 11.3 Å². The summed E-state index contributed by atoms with van der Waals surface area (Å²) in [5.41, 5.74) is 0. The smallest absolute Gasteiger partial charge is 0.106 e. The fourth-order valence-electron chi connectivity index (χ4n) is 0.469. The Morgan fingerprint density at radius 1 is 1.78 bits per heavy atom. The minimum Gasteiger partial charge on any atom is -0.399 e. The van der Waals surface area contributed by atoms with E-state index in [1.165, 1.54) is 7.11 Å². The van der Waals surface area contributed by atoms with Crippen LogP contribution in [0.15, 0.2) is 22.7 Å². The standard InChI is InChI=1S/C6H7NOS/c1-8-7-5-6-3-2-4-9-6/h2-5H,1H3. The summed E-state index contributed by atoms with van der Waals surface area (Å²) in [6.45, 7) is 0. The van der Waals surface area contributed by atoms with Gasteiger partial charge in [-0.25, -0.2) is 0 Å². The first-order valence-electron chi connectivity index (χ1n) is 2.53. The Morgan fingerprint density at radius 2 is 2.67 bits per heavy atom. The van der Waals surface area contributed by atoms with Crippen molar-refractivity contribution >= 4 is 17.6 Å². The molecule has 0 aliphatic heterocycles. The van der Waals surface area contributed by atoms with E-state index < -0.39 is 0 Å². The van der Waals surface area contributed by atoms with Crippen molar-refractivity contribution in [2.45, 2.75) is 0 Å². The van der Waals surface area contributed by atoms with Gasteiger partial charge in [0.1, 0.15) is 7.11 Å². The number of rotatable bonds is 2. The van der Waals surface area contributed by atoms with Gasteiger partial charge in [0.25, 0.3) is 0 Å². The normalized spacial score (nSPS) is 10.3. The maximum atomic E-state index is 4.49. The van der Waals surface area contributed by atoms with Crippen LogP contribution in [0, 0.1) is 0 Å². The molecule has 0 aromatic carbocycles. The first-order valence-corrected chi connectivity index (χ1v) is 3.41. The van der Waals surface area contributed by atoms with Crippen LogP contribution in [0.2, 0.25) is 0 Å². The van der Waals surface area contributed by atoms with Crippen LogP contribution in [-0.4, -0.2) is 13.3 Å². The summed E-state index contributed by atoms with van der Waals surface area (Å²) < 4.78 is 0. The molecule has 0 aliphatic rings. The largest absolute Gasteiger partial charge is 0.399 e. The van der Waals surface area contributed by atoms with Crippen LogP contribution in [0.4, 0.5) is 0 Å². The van der Waals surface area contributed by atoms with Crippen molar-refractivity contribution in [1.29, 1.82) is 0 Å². The molecule has 48 valence electrons. The van der Waals surface area contributed by atoms with E-state index >= 15 is 0 Å². The van der Waals surface area contributed by atoms with Crippen LogP contribution in [0.25, 0.3) is 0 Å². The van der Waals surface area contributed by atoms with E-state index in [4.69, 9.17) is 0 Å². The molecule has 0 spiro atoms. The lowest BCUT2D eigenvalue weighted by molar-refractivity contribution is 0.215. The van der Waals surface area contributed by atoms with Gasteiger partial charge in [0, 0.05) is 4.88 Å². The van der Waals surface area contributed by atoms with Gasteiger partial charge in [0.15, 0.2) is 0 Å². The summed E-state index contributed by atoms with van der Waals surface area (Å²) in [6.07, 6.45) is 1.69. The van der Waals surface area contributed by atoms with Crippen molar-refractivity contribution in [3.63, 3.8) is 0 Å². The average Bonchev–Trinajstić information content (AvgIpc) is 2.34. The molecule has 2 nitrogen and oxygen atoms in total. The highest BCUT2D eigenvalue weighted by Gasteiger charge is 1.83. The molecular weight excluding hydrogens is 134 g/mol. The molecule has 1 aromatic rings. The van der Waals surface area contributed by atoms with E-state index in [-0.39, 0.29) is 0 Å². The van der Waals surface area contributed by atoms with E-state index in [1.807, 2.05) is 17.5 Å². The Kier molecular flexibility index (Phi) is 2.27. The zero-order valence-corrected chi connectivity index (χ0v) is 5.89. The van der Waals surface area contributed by atoms with Crippen LogP contribution in [0.5, 0.6) is 0 Å². The predicted octanol–water partition coefficient (Wildman–Crippen LogP) is 1.73. The SMILES string of the molecule is CON=Cc1cccs1. The number of hydrogen-bond acceptors (Lipinski definition) is 3. The van der Waals surface area contributed by atoms with Crippen molar-refractivity contribution in [2.24, 2.45) is 5.16 Å². The van der Waals surface area contributed by atoms with E-state index in [1.54, 1.807) is 17.6 Å². The molecule has 1 rings (SSSR count). The fourth-order valence-corrected chi connectivity index (χ4v) is 1.04. The summed E-state index contributed by atoms with van der Waals surface area (Å²) in [5.74, 6) is 0. The summed E-state index contributed by atoms with van der Waals surface area (Å²) in [7, 11) is 1.53. The van der Waals surface area contributed by atoms with Crippen LogP contribution >= 0.6 is 11.3 Å². The van der Waals surface area contributed by atoms with E-state index in [0.29, 0.717) is 0 Å². The van der Waals surface area contributed by atoms with Gasteiger partial charge in [-0.2, -0.15) is 0 Å². The molecule has 0 N–H and O–H groups in total. The molecule has 1 aromatic heterocycles. The molecule has 0 aliphatic carbocycles. The average molecular weight is 141 g/mol. The van der Waals surface area contributed by atoms with Crippen LogP contribution < -0.4 is 0 Å². The van der Waals surface area contributed by atoms with Crippen LogP contribution in [0.1, 0.15) is 4.88 Å². The molecule has 0 amide bonds. The monoisotopic (exact) mass is 141 g/mol. The molecule has 0 bridgehead atoms.